The van der Waals surface area contributed by atoms with E-state index in [0.29, 0.717) is 5.56 Å². The molecule has 12 heavy (non-hydrogen) atoms. The molecule has 0 unspecified atom stereocenters. The van der Waals surface area contributed by atoms with Gasteiger partial charge < -0.3 is 5.11 Å². The summed E-state index contributed by atoms with van der Waals surface area (Å²) in [4.78, 5) is 11.1. The van der Waals surface area contributed by atoms with Crippen molar-refractivity contribution in [2.45, 2.75) is 6.92 Å². The standard InChI is InChI=1S/C10H10O2/c1-8-2-4-9(5-3-8)10(12)6-7-11/h2-7,11H,1H3/b7-6-. The van der Waals surface area contributed by atoms with Gasteiger partial charge in [0.05, 0.1) is 6.26 Å². The van der Waals surface area contributed by atoms with E-state index in [-0.39, 0.29) is 5.78 Å². The van der Waals surface area contributed by atoms with Gasteiger partial charge in [-0.15, -0.1) is 0 Å². The normalized spacial score (nSPS) is 10.4. The molecule has 2 heteroatoms. The number of ketones is 1. The van der Waals surface area contributed by atoms with Crippen molar-refractivity contribution in [1.29, 1.82) is 0 Å². The van der Waals surface area contributed by atoms with Crippen molar-refractivity contribution in [2.75, 3.05) is 0 Å². The predicted octanol–water partition coefficient (Wildman–Crippen LogP) is 2.25. The lowest BCUT2D eigenvalue weighted by Gasteiger charge is -1.95. The number of rotatable bonds is 2. The van der Waals surface area contributed by atoms with E-state index in [1.54, 1.807) is 12.1 Å². The molecular formula is C10H10O2. The molecule has 0 saturated carbocycles. The van der Waals surface area contributed by atoms with E-state index in [1.165, 1.54) is 0 Å². The van der Waals surface area contributed by atoms with E-state index in [0.717, 1.165) is 17.9 Å². The summed E-state index contributed by atoms with van der Waals surface area (Å²) in [6, 6.07) is 7.19. The van der Waals surface area contributed by atoms with Gasteiger partial charge in [-0.05, 0) is 6.92 Å². The quantitative estimate of drug-likeness (QED) is 0.411. The van der Waals surface area contributed by atoms with E-state index in [1.807, 2.05) is 19.1 Å². The van der Waals surface area contributed by atoms with Gasteiger partial charge in [0, 0.05) is 11.6 Å². The molecule has 0 amide bonds. The Morgan fingerprint density at radius 2 is 1.92 bits per heavy atom. The number of aliphatic hydroxyl groups is 1. The zero-order valence-corrected chi connectivity index (χ0v) is 6.82. The number of aliphatic hydroxyl groups excluding tert-OH is 1. The lowest BCUT2D eigenvalue weighted by Crippen LogP contribution is -1.93. The number of aryl methyl sites for hydroxylation is 1. The third-order valence-electron chi connectivity index (χ3n) is 1.56. The number of hydrogen-bond donors (Lipinski definition) is 1. The van der Waals surface area contributed by atoms with Crippen LogP contribution in [0.15, 0.2) is 36.6 Å². The van der Waals surface area contributed by atoms with E-state index in [9.17, 15) is 4.79 Å². The summed E-state index contributed by atoms with van der Waals surface area (Å²) < 4.78 is 0. The van der Waals surface area contributed by atoms with Crippen molar-refractivity contribution in [3.8, 4) is 0 Å². The Hall–Kier alpha value is -1.57. The van der Waals surface area contributed by atoms with Crippen LogP contribution in [0.4, 0.5) is 0 Å². The molecule has 0 heterocycles. The van der Waals surface area contributed by atoms with Gasteiger partial charge in [-0.3, -0.25) is 4.79 Å². The number of benzene rings is 1. The van der Waals surface area contributed by atoms with Crippen molar-refractivity contribution >= 4 is 5.78 Å². The van der Waals surface area contributed by atoms with Crippen LogP contribution < -0.4 is 0 Å². The van der Waals surface area contributed by atoms with Crippen LogP contribution in [0.2, 0.25) is 0 Å². The highest BCUT2D eigenvalue weighted by Gasteiger charge is 1.99. The van der Waals surface area contributed by atoms with E-state index < -0.39 is 0 Å². The molecule has 0 aliphatic heterocycles. The number of allylic oxidation sites excluding steroid dienone is 1. The Labute approximate surface area is 71.2 Å². The van der Waals surface area contributed by atoms with Crippen LogP contribution in [0, 0.1) is 6.92 Å². The second kappa shape index (κ2) is 3.72. The number of carbonyl (C=O) groups excluding carboxylic acids is 1. The first kappa shape index (κ1) is 8.53. The van der Waals surface area contributed by atoms with Crippen LogP contribution in [0.3, 0.4) is 0 Å². The van der Waals surface area contributed by atoms with Crippen LogP contribution in [0.1, 0.15) is 15.9 Å². The Morgan fingerprint density at radius 3 is 2.42 bits per heavy atom. The molecule has 1 rings (SSSR count). The zero-order chi connectivity index (χ0) is 8.97. The van der Waals surface area contributed by atoms with Crippen LogP contribution in [-0.2, 0) is 0 Å². The molecule has 0 saturated heterocycles. The van der Waals surface area contributed by atoms with Crippen LogP contribution >= 0.6 is 0 Å². The van der Waals surface area contributed by atoms with Crippen molar-refractivity contribution in [1.82, 2.24) is 0 Å². The average Bonchev–Trinajstić information content (AvgIpc) is 2.06. The van der Waals surface area contributed by atoms with Gasteiger partial charge >= 0.3 is 0 Å². The van der Waals surface area contributed by atoms with Crippen molar-refractivity contribution < 1.29 is 9.90 Å². The summed E-state index contributed by atoms with van der Waals surface area (Å²) >= 11 is 0. The summed E-state index contributed by atoms with van der Waals surface area (Å²) in [7, 11) is 0. The number of carbonyl (C=O) groups is 1. The van der Waals surface area contributed by atoms with Gasteiger partial charge in [0.1, 0.15) is 0 Å². The summed E-state index contributed by atoms with van der Waals surface area (Å²) in [6.07, 6.45) is 1.88. The van der Waals surface area contributed by atoms with E-state index >= 15 is 0 Å². The largest absolute Gasteiger partial charge is 0.515 e. The molecule has 0 fully saturated rings. The molecule has 0 aromatic heterocycles. The Balaban J connectivity index is 2.90. The van der Waals surface area contributed by atoms with Gasteiger partial charge in [-0.2, -0.15) is 0 Å². The fraction of sp³-hybridized carbons (Fsp3) is 0.100. The first-order valence-electron chi connectivity index (χ1n) is 3.66. The van der Waals surface area contributed by atoms with Crippen molar-refractivity contribution in [3.05, 3.63) is 47.7 Å². The Bertz CT molecular complexity index is 296. The summed E-state index contributed by atoms with van der Waals surface area (Å²) in [5, 5.41) is 8.35. The zero-order valence-electron chi connectivity index (χ0n) is 6.82. The monoisotopic (exact) mass is 162 g/mol. The maximum Gasteiger partial charge on any atom is 0.188 e. The van der Waals surface area contributed by atoms with Crippen LogP contribution in [-0.4, -0.2) is 10.9 Å². The Kier molecular flexibility index (Phi) is 2.64. The fourth-order valence-electron chi connectivity index (χ4n) is 0.882. The summed E-state index contributed by atoms with van der Waals surface area (Å²) in [5.74, 6) is -0.183. The SMILES string of the molecule is Cc1ccc(C(=O)/C=C\O)cc1. The molecule has 62 valence electrons. The van der Waals surface area contributed by atoms with Gasteiger partial charge in [-0.1, -0.05) is 29.8 Å². The highest BCUT2D eigenvalue weighted by Crippen LogP contribution is 2.04. The first-order valence-corrected chi connectivity index (χ1v) is 3.66. The van der Waals surface area contributed by atoms with Gasteiger partial charge in [-0.25, -0.2) is 0 Å². The molecular weight excluding hydrogens is 152 g/mol. The maximum absolute atomic E-state index is 11.1. The number of hydrogen-bond acceptors (Lipinski definition) is 2. The highest BCUT2D eigenvalue weighted by atomic mass is 16.2. The smallest absolute Gasteiger partial charge is 0.188 e. The molecule has 0 aliphatic carbocycles. The third kappa shape index (κ3) is 1.95. The van der Waals surface area contributed by atoms with Crippen LogP contribution in [0.5, 0.6) is 0 Å². The molecule has 1 aromatic carbocycles. The Morgan fingerprint density at radius 1 is 1.33 bits per heavy atom. The molecule has 0 radical (unpaired) electrons. The maximum atomic E-state index is 11.1. The highest BCUT2D eigenvalue weighted by molar-refractivity contribution is 6.04. The van der Waals surface area contributed by atoms with Crippen molar-refractivity contribution in [3.63, 3.8) is 0 Å². The van der Waals surface area contributed by atoms with Gasteiger partial charge in [0.25, 0.3) is 0 Å². The fourth-order valence-corrected chi connectivity index (χ4v) is 0.882. The van der Waals surface area contributed by atoms with Crippen molar-refractivity contribution in [2.24, 2.45) is 0 Å². The van der Waals surface area contributed by atoms with E-state index in [4.69, 9.17) is 5.11 Å². The molecule has 1 aromatic rings. The first-order chi connectivity index (χ1) is 5.74. The lowest BCUT2D eigenvalue weighted by molar-refractivity contribution is 0.104. The molecule has 1 N–H and O–H groups in total. The van der Waals surface area contributed by atoms with Gasteiger partial charge in [0.15, 0.2) is 5.78 Å². The summed E-state index contributed by atoms with van der Waals surface area (Å²) in [6.45, 7) is 1.95. The molecule has 2 nitrogen and oxygen atoms in total. The lowest BCUT2D eigenvalue weighted by atomic mass is 10.1. The van der Waals surface area contributed by atoms with E-state index in [2.05, 4.69) is 0 Å². The molecule has 0 aliphatic rings. The molecule has 0 bridgehead atoms. The second-order valence-corrected chi connectivity index (χ2v) is 2.55. The molecule has 0 spiro atoms. The predicted molar refractivity (Wildman–Crippen MR) is 47.3 cm³/mol. The minimum absolute atomic E-state index is 0.183. The minimum atomic E-state index is -0.183. The third-order valence-corrected chi connectivity index (χ3v) is 1.56. The summed E-state index contributed by atoms with van der Waals surface area (Å²) in [5.41, 5.74) is 1.70. The minimum Gasteiger partial charge on any atom is -0.515 e. The second-order valence-electron chi connectivity index (χ2n) is 2.55. The topological polar surface area (TPSA) is 37.3 Å². The van der Waals surface area contributed by atoms with Crippen LogP contribution in [0.25, 0.3) is 0 Å². The van der Waals surface area contributed by atoms with Gasteiger partial charge in [0.2, 0.25) is 0 Å². The molecule has 0 atom stereocenters. The average molecular weight is 162 g/mol.